The van der Waals surface area contributed by atoms with E-state index in [4.69, 9.17) is 11.6 Å². The molecule has 0 bridgehead atoms. The Morgan fingerprint density at radius 2 is 2.05 bits per heavy atom. The quantitative estimate of drug-likeness (QED) is 0.816. The first kappa shape index (κ1) is 14.7. The molecule has 19 heavy (non-hydrogen) atoms. The van der Waals surface area contributed by atoms with Gasteiger partial charge in [0.1, 0.15) is 0 Å². The molecule has 1 heterocycles. The van der Waals surface area contributed by atoms with Crippen molar-refractivity contribution in [3.63, 3.8) is 0 Å². The van der Waals surface area contributed by atoms with Crippen molar-refractivity contribution in [3.8, 4) is 0 Å². The number of thiol groups is 1. The summed E-state index contributed by atoms with van der Waals surface area (Å²) < 4.78 is 0. The highest BCUT2D eigenvalue weighted by atomic mass is 35.5. The van der Waals surface area contributed by atoms with Crippen molar-refractivity contribution in [1.82, 2.24) is 0 Å². The second-order valence-corrected chi connectivity index (χ2v) is 6.05. The molecular formula is C15H20ClNOS. The van der Waals surface area contributed by atoms with E-state index in [9.17, 15) is 4.79 Å². The van der Waals surface area contributed by atoms with Crippen LogP contribution in [0.5, 0.6) is 0 Å². The molecule has 0 aliphatic carbocycles. The topological polar surface area (TPSA) is 20.3 Å². The number of rotatable bonds is 5. The standard InChI is InChI=1S/C15H20ClNOS/c1-3-15(4-2,10-19)9-17-13-8-12(16)6-5-11(13)7-14(17)18/h5-6,8,19H,3-4,7,9-10H2,1-2H3. The lowest BCUT2D eigenvalue weighted by molar-refractivity contribution is -0.117. The third-order valence-corrected chi connectivity index (χ3v) is 5.22. The lowest BCUT2D eigenvalue weighted by atomic mass is 9.84. The maximum Gasteiger partial charge on any atom is 0.231 e. The average Bonchev–Trinajstić information content (AvgIpc) is 2.72. The van der Waals surface area contributed by atoms with Crippen molar-refractivity contribution in [2.24, 2.45) is 5.41 Å². The molecule has 1 aliphatic heterocycles. The first-order valence-corrected chi connectivity index (χ1v) is 7.76. The summed E-state index contributed by atoms with van der Waals surface area (Å²) in [7, 11) is 0. The second-order valence-electron chi connectivity index (χ2n) is 5.29. The molecule has 0 atom stereocenters. The second kappa shape index (κ2) is 5.76. The van der Waals surface area contributed by atoms with Crippen molar-refractivity contribution >= 4 is 35.8 Å². The third-order valence-electron chi connectivity index (χ3n) is 4.31. The molecule has 0 spiro atoms. The molecule has 0 fully saturated rings. The van der Waals surface area contributed by atoms with E-state index in [0.717, 1.165) is 36.4 Å². The normalized spacial score (nSPS) is 14.9. The predicted octanol–water partition coefficient (Wildman–Crippen LogP) is 3.97. The molecule has 0 saturated carbocycles. The van der Waals surface area contributed by atoms with Gasteiger partial charge in [-0.3, -0.25) is 4.79 Å². The summed E-state index contributed by atoms with van der Waals surface area (Å²) in [4.78, 5) is 14.1. The Hall–Kier alpha value is -0.670. The van der Waals surface area contributed by atoms with Crippen LogP contribution in [0.4, 0.5) is 5.69 Å². The van der Waals surface area contributed by atoms with Crippen LogP contribution in [0.3, 0.4) is 0 Å². The van der Waals surface area contributed by atoms with Crippen LogP contribution < -0.4 is 4.90 Å². The van der Waals surface area contributed by atoms with E-state index in [0.29, 0.717) is 11.4 Å². The molecule has 0 N–H and O–H groups in total. The van der Waals surface area contributed by atoms with Crippen LogP contribution in [-0.4, -0.2) is 18.2 Å². The summed E-state index contributed by atoms with van der Waals surface area (Å²) in [6, 6.07) is 5.70. The van der Waals surface area contributed by atoms with Gasteiger partial charge in [-0.15, -0.1) is 0 Å². The van der Waals surface area contributed by atoms with Gasteiger partial charge in [0, 0.05) is 17.3 Å². The van der Waals surface area contributed by atoms with E-state index in [1.54, 1.807) is 0 Å². The molecule has 0 unspecified atom stereocenters. The first-order valence-electron chi connectivity index (χ1n) is 6.75. The Morgan fingerprint density at radius 1 is 1.37 bits per heavy atom. The number of carbonyl (C=O) groups excluding carboxylic acids is 1. The summed E-state index contributed by atoms with van der Waals surface area (Å²) in [6.07, 6.45) is 2.53. The number of fused-ring (bicyclic) bond motifs is 1. The molecule has 104 valence electrons. The van der Waals surface area contributed by atoms with Crippen LogP contribution in [0.25, 0.3) is 0 Å². The molecule has 0 saturated heterocycles. The molecule has 1 aromatic carbocycles. The van der Waals surface area contributed by atoms with Gasteiger partial charge in [0.05, 0.1) is 6.42 Å². The van der Waals surface area contributed by atoms with Crippen molar-refractivity contribution < 1.29 is 4.79 Å². The van der Waals surface area contributed by atoms with Gasteiger partial charge in [0.25, 0.3) is 0 Å². The molecule has 2 nitrogen and oxygen atoms in total. The van der Waals surface area contributed by atoms with Crippen LogP contribution in [0, 0.1) is 5.41 Å². The number of hydrogen-bond donors (Lipinski definition) is 1. The monoisotopic (exact) mass is 297 g/mol. The maximum absolute atomic E-state index is 12.2. The van der Waals surface area contributed by atoms with Crippen molar-refractivity contribution in [1.29, 1.82) is 0 Å². The fourth-order valence-corrected chi connectivity index (χ4v) is 3.30. The Balaban J connectivity index is 2.31. The van der Waals surface area contributed by atoms with Gasteiger partial charge in [-0.1, -0.05) is 31.5 Å². The van der Waals surface area contributed by atoms with E-state index in [2.05, 4.69) is 26.5 Å². The highest BCUT2D eigenvalue weighted by Crippen LogP contribution is 2.36. The molecule has 1 aromatic rings. The van der Waals surface area contributed by atoms with Gasteiger partial charge in [-0.05, 0) is 41.7 Å². The van der Waals surface area contributed by atoms with Crippen LogP contribution in [-0.2, 0) is 11.2 Å². The fraction of sp³-hybridized carbons (Fsp3) is 0.533. The number of benzene rings is 1. The summed E-state index contributed by atoms with van der Waals surface area (Å²) in [5, 5.41) is 0.683. The summed E-state index contributed by atoms with van der Waals surface area (Å²) in [5.41, 5.74) is 2.14. The van der Waals surface area contributed by atoms with Gasteiger partial charge in [0.2, 0.25) is 5.91 Å². The summed E-state index contributed by atoms with van der Waals surface area (Å²) in [5.74, 6) is 0.963. The molecule has 4 heteroatoms. The van der Waals surface area contributed by atoms with E-state index in [1.165, 1.54) is 0 Å². The van der Waals surface area contributed by atoms with Gasteiger partial charge < -0.3 is 4.90 Å². The van der Waals surface area contributed by atoms with Crippen LogP contribution in [0.2, 0.25) is 5.02 Å². The SMILES string of the molecule is CCC(CC)(CS)CN1C(=O)Cc2ccc(Cl)cc21. The minimum absolute atomic E-state index is 0.0860. The van der Waals surface area contributed by atoms with Crippen LogP contribution >= 0.6 is 24.2 Å². The van der Waals surface area contributed by atoms with Gasteiger partial charge in [0.15, 0.2) is 0 Å². The number of anilines is 1. The smallest absolute Gasteiger partial charge is 0.231 e. The Bertz CT molecular complexity index is 477. The number of carbonyl (C=O) groups is 1. The Morgan fingerprint density at radius 3 is 2.63 bits per heavy atom. The van der Waals surface area contributed by atoms with E-state index in [-0.39, 0.29) is 11.3 Å². The van der Waals surface area contributed by atoms with Crippen molar-refractivity contribution in [2.45, 2.75) is 33.1 Å². The highest BCUT2D eigenvalue weighted by Gasteiger charge is 2.34. The summed E-state index contributed by atoms with van der Waals surface area (Å²) in [6.45, 7) is 5.06. The minimum atomic E-state index is 0.0860. The third kappa shape index (κ3) is 2.77. The molecular weight excluding hydrogens is 278 g/mol. The zero-order valence-corrected chi connectivity index (χ0v) is 13.1. The Labute approximate surface area is 125 Å². The largest absolute Gasteiger partial charge is 0.311 e. The zero-order chi connectivity index (χ0) is 14.0. The van der Waals surface area contributed by atoms with Gasteiger partial charge in [-0.2, -0.15) is 12.6 Å². The molecule has 0 aromatic heterocycles. The number of amides is 1. The lowest BCUT2D eigenvalue weighted by Gasteiger charge is -2.34. The fourth-order valence-electron chi connectivity index (χ4n) is 2.59. The molecule has 2 rings (SSSR count). The minimum Gasteiger partial charge on any atom is -0.311 e. The van der Waals surface area contributed by atoms with Gasteiger partial charge in [-0.25, -0.2) is 0 Å². The molecule has 1 aliphatic rings. The first-order chi connectivity index (χ1) is 9.05. The average molecular weight is 298 g/mol. The predicted molar refractivity (Wildman–Crippen MR) is 84.4 cm³/mol. The zero-order valence-electron chi connectivity index (χ0n) is 11.4. The van der Waals surface area contributed by atoms with Crippen LogP contribution in [0.15, 0.2) is 18.2 Å². The van der Waals surface area contributed by atoms with E-state index in [1.807, 2.05) is 23.1 Å². The highest BCUT2D eigenvalue weighted by molar-refractivity contribution is 7.80. The van der Waals surface area contributed by atoms with E-state index >= 15 is 0 Å². The number of halogens is 1. The van der Waals surface area contributed by atoms with Gasteiger partial charge >= 0.3 is 0 Å². The van der Waals surface area contributed by atoms with E-state index < -0.39 is 0 Å². The lowest BCUT2D eigenvalue weighted by Crippen LogP contribution is -2.40. The van der Waals surface area contributed by atoms with Crippen molar-refractivity contribution in [3.05, 3.63) is 28.8 Å². The number of nitrogens with zero attached hydrogens (tertiary/aromatic N) is 1. The van der Waals surface area contributed by atoms with Crippen LogP contribution in [0.1, 0.15) is 32.3 Å². The Kier molecular flexibility index (Phi) is 4.46. The summed E-state index contributed by atoms with van der Waals surface area (Å²) >= 11 is 10.5. The van der Waals surface area contributed by atoms with Crippen molar-refractivity contribution in [2.75, 3.05) is 17.2 Å². The molecule has 1 amide bonds. The maximum atomic E-state index is 12.2. The molecule has 0 radical (unpaired) electrons. The number of hydrogen-bond acceptors (Lipinski definition) is 2.